The zero-order valence-electron chi connectivity index (χ0n) is 26.0. The van der Waals surface area contributed by atoms with Crippen molar-refractivity contribution in [1.82, 2.24) is 14.5 Å². The molecule has 1 aliphatic heterocycles. The molecule has 222 valence electrons. The molecule has 47 heavy (non-hydrogen) atoms. The molecular weight excluding hydrogens is 607 g/mol. The molecule has 0 bridgehead atoms. The fourth-order valence-corrected chi connectivity index (χ4v) is 11.8. The second-order valence-corrected chi connectivity index (χ2v) is 18.3. The first-order valence-corrected chi connectivity index (χ1v) is 19.9. The van der Waals surface area contributed by atoms with E-state index in [9.17, 15) is 0 Å². The summed E-state index contributed by atoms with van der Waals surface area (Å²) in [5.74, 6) is 0.793. The van der Waals surface area contributed by atoms with Gasteiger partial charge in [0.15, 0.2) is 5.82 Å². The number of hydrogen-bond donors (Lipinski definition) is 0. The molecule has 6 aromatic carbocycles. The van der Waals surface area contributed by atoms with Crippen molar-refractivity contribution in [3.63, 3.8) is 0 Å². The van der Waals surface area contributed by atoms with Gasteiger partial charge in [-0.25, -0.2) is 9.97 Å². The van der Waals surface area contributed by atoms with Gasteiger partial charge in [-0.1, -0.05) is 122 Å². The largest absolute Gasteiger partial charge is 0.309 e. The Morgan fingerprint density at radius 3 is 2.23 bits per heavy atom. The van der Waals surface area contributed by atoms with Gasteiger partial charge in [0.2, 0.25) is 0 Å². The number of rotatable bonds is 3. The van der Waals surface area contributed by atoms with E-state index in [2.05, 4.69) is 157 Å². The van der Waals surface area contributed by atoms with Crippen LogP contribution in [0.4, 0.5) is 0 Å². The summed E-state index contributed by atoms with van der Waals surface area (Å²) in [5.41, 5.74) is 9.23. The average Bonchev–Trinajstić information content (AvgIpc) is 3.74. The molecule has 0 aliphatic carbocycles. The molecule has 0 radical (unpaired) electrons. The van der Waals surface area contributed by atoms with E-state index in [0.29, 0.717) is 0 Å². The number of benzene rings is 6. The molecule has 0 N–H and O–H groups in total. The van der Waals surface area contributed by atoms with E-state index in [1.165, 1.54) is 63.6 Å². The maximum absolute atomic E-state index is 5.38. The molecule has 3 nitrogen and oxygen atoms in total. The van der Waals surface area contributed by atoms with Gasteiger partial charge in [0, 0.05) is 58.6 Å². The number of nitrogens with zero attached hydrogens (tertiary/aromatic N) is 3. The Labute approximate surface area is 277 Å². The summed E-state index contributed by atoms with van der Waals surface area (Å²) in [4.78, 5) is 10.7. The third kappa shape index (κ3) is 3.78. The molecule has 0 amide bonds. The highest BCUT2D eigenvalue weighted by atomic mass is 32.1. The van der Waals surface area contributed by atoms with Crippen LogP contribution in [0.15, 0.2) is 140 Å². The van der Waals surface area contributed by atoms with E-state index in [1.54, 1.807) is 0 Å². The van der Waals surface area contributed by atoms with Crippen molar-refractivity contribution in [2.45, 2.75) is 13.1 Å². The first kappa shape index (κ1) is 26.8. The molecule has 3 aromatic heterocycles. The standard InChI is InChI=1S/C42H29N3SSi/c1-47(2)36-22-11-8-19-32(36)38-39(43-41(44-42(38)47)26-13-4-3-5-14-26)27-15-12-16-28(25-27)45-33-20-9-6-17-29(33)30-23-24-35-37(40(30)45)31-18-7-10-21-34(31)46-35/h3-25H,1-2H3. The van der Waals surface area contributed by atoms with Crippen molar-refractivity contribution in [1.29, 1.82) is 0 Å². The van der Waals surface area contributed by atoms with Crippen LogP contribution >= 0.6 is 11.3 Å². The molecule has 10 rings (SSSR count). The highest BCUT2D eigenvalue weighted by Gasteiger charge is 2.41. The van der Waals surface area contributed by atoms with Crippen molar-refractivity contribution in [2.75, 3.05) is 0 Å². The summed E-state index contributed by atoms with van der Waals surface area (Å²) in [6, 6.07) is 50.5. The summed E-state index contributed by atoms with van der Waals surface area (Å²) in [6.45, 7) is 4.85. The first-order chi connectivity index (χ1) is 23.1. The Kier molecular flexibility index (Phi) is 5.60. The zero-order valence-corrected chi connectivity index (χ0v) is 27.8. The Morgan fingerprint density at radius 2 is 1.34 bits per heavy atom. The van der Waals surface area contributed by atoms with Crippen molar-refractivity contribution in [3.05, 3.63) is 140 Å². The maximum Gasteiger partial charge on any atom is 0.159 e. The smallest absolute Gasteiger partial charge is 0.159 e. The van der Waals surface area contributed by atoms with E-state index in [0.717, 1.165) is 28.3 Å². The van der Waals surface area contributed by atoms with E-state index < -0.39 is 8.07 Å². The van der Waals surface area contributed by atoms with Crippen LogP contribution in [0.2, 0.25) is 13.1 Å². The van der Waals surface area contributed by atoms with Gasteiger partial charge in [0.25, 0.3) is 0 Å². The molecule has 0 spiro atoms. The summed E-state index contributed by atoms with van der Waals surface area (Å²) in [7, 11) is -2.05. The highest BCUT2D eigenvalue weighted by Crippen LogP contribution is 2.44. The highest BCUT2D eigenvalue weighted by molar-refractivity contribution is 7.26. The minimum atomic E-state index is -2.05. The number of thiophene rings is 1. The van der Waals surface area contributed by atoms with Crippen LogP contribution in [-0.2, 0) is 0 Å². The zero-order chi connectivity index (χ0) is 31.3. The molecule has 0 fully saturated rings. The summed E-state index contributed by atoms with van der Waals surface area (Å²) >= 11 is 1.87. The minimum absolute atomic E-state index is 0.793. The fourth-order valence-electron chi connectivity index (χ4n) is 7.79. The quantitative estimate of drug-likeness (QED) is 0.181. The van der Waals surface area contributed by atoms with Gasteiger partial charge in [0.05, 0.1) is 16.7 Å². The lowest BCUT2D eigenvalue weighted by Crippen LogP contribution is -2.50. The van der Waals surface area contributed by atoms with Crippen LogP contribution in [-0.4, -0.2) is 22.6 Å². The van der Waals surface area contributed by atoms with Gasteiger partial charge in [-0.3, -0.25) is 0 Å². The van der Waals surface area contributed by atoms with E-state index >= 15 is 0 Å². The predicted octanol–water partition coefficient (Wildman–Crippen LogP) is 10.1. The second kappa shape index (κ2) is 9.82. The molecule has 0 saturated heterocycles. The molecule has 1 aliphatic rings. The van der Waals surface area contributed by atoms with Crippen molar-refractivity contribution < 1.29 is 0 Å². The van der Waals surface area contributed by atoms with Crippen LogP contribution in [0.3, 0.4) is 0 Å². The lowest BCUT2D eigenvalue weighted by atomic mass is 10.00. The SMILES string of the molecule is C[Si]1(C)c2ccccc2-c2c(-c3cccc(-n4c5ccccc5c5ccc6sc7ccccc7c6c54)c3)nc(-c3ccccc3)nc21. The topological polar surface area (TPSA) is 30.7 Å². The number of hydrogen-bond acceptors (Lipinski definition) is 3. The second-order valence-electron chi connectivity index (χ2n) is 13.0. The van der Waals surface area contributed by atoms with Gasteiger partial charge in [0.1, 0.15) is 8.07 Å². The van der Waals surface area contributed by atoms with Crippen LogP contribution in [0.1, 0.15) is 0 Å². The van der Waals surface area contributed by atoms with Gasteiger partial charge in [-0.15, -0.1) is 11.3 Å². The summed E-state index contributed by atoms with van der Waals surface area (Å²) < 4.78 is 5.10. The van der Waals surface area contributed by atoms with Crippen molar-refractivity contribution >= 4 is 71.9 Å². The minimum Gasteiger partial charge on any atom is -0.309 e. The summed E-state index contributed by atoms with van der Waals surface area (Å²) in [5, 5.41) is 7.82. The first-order valence-electron chi connectivity index (χ1n) is 16.1. The average molecular weight is 636 g/mol. The molecule has 5 heteroatoms. The van der Waals surface area contributed by atoms with Crippen molar-refractivity contribution in [3.8, 4) is 39.5 Å². The lowest BCUT2D eigenvalue weighted by Gasteiger charge is -2.19. The van der Waals surface area contributed by atoms with Gasteiger partial charge < -0.3 is 4.57 Å². The lowest BCUT2D eigenvalue weighted by molar-refractivity contribution is 1.18. The van der Waals surface area contributed by atoms with Crippen molar-refractivity contribution in [2.24, 2.45) is 0 Å². The maximum atomic E-state index is 5.38. The van der Waals surface area contributed by atoms with Gasteiger partial charge in [-0.05, 0) is 41.1 Å². The number of fused-ring (bicyclic) bond motifs is 10. The molecule has 0 unspecified atom stereocenters. The Morgan fingerprint density at radius 1 is 0.596 bits per heavy atom. The predicted molar refractivity (Wildman–Crippen MR) is 202 cm³/mol. The van der Waals surface area contributed by atoms with Gasteiger partial charge >= 0.3 is 0 Å². The Bertz CT molecular complexity index is 2720. The molecular formula is C42H29N3SSi. The Hall–Kier alpha value is -5.36. The van der Waals surface area contributed by atoms with Gasteiger partial charge in [-0.2, -0.15) is 0 Å². The normalized spacial score (nSPS) is 13.5. The molecule has 0 atom stereocenters. The summed E-state index contributed by atoms with van der Waals surface area (Å²) in [6.07, 6.45) is 0. The Balaban J connectivity index is 1.29. The van der Waals surface area contributed by atoms with Crippen LogP contribution in [0.5, 0.6) is 0 Å². The molecule has 0 saturated carbocycles. The van der Waals surface area contributed by atoms with Crippen LogP contribution in [0, 0.1) is 0 Å². The van der Waals surface area contributed by atoms with Crippen LogP contribution in [0.25, 0.3) is 81.4 Å². The van der Waals surface area contributed by atoms with E-state index in [4.69, 9.17) is 9.97 Å². The molecule has 4 heterocycles. The number of para-hydroxylation sites is 1. The van der Waals surface area contributed by atoms with E-state index in [1.807, 2.05) is 11.3 Å². The number of aromatic nitrogens is 3. The van der Waals surface area contributed by atoms with E-state index in [-0.39, 0.29) is 0 Å². The third-order valence-corrected chi connectivity index (χ3v) is 14.4. The molecule has 9 aromatic rings. The third-order valence-electron chi connectivity index (χ3n) is 9.96. The fraction of sp³-hybridized carbons (Fsp3) is 0.0476. The monoisotopic (exact) mass is 635 g/mol. The van der Waals surface area contributed by atoms with Crippen LogP contribution < -0.4 is 10.5 Å².